The summed E-state index contributed by atoms with van der Waals surface area (Å²) in [5.74, 6) is -0.923. The van der Waals surface area contributed by atoms with E-state index in [1.165, 1.54) is 12.0 Å². The predicted molar refractivity (Wildman–Crippen MR) is 102 cm³/mol. The maximum absolute atomic E-state index is 13.3. The number of rotatable bonds is 5. The van der Waals surface area contributed by atoms with Crippen molar-refractivity contribution in [3.05, 3.63) is 0 Å². The van der Waals surface area contributed by atoms with E-state index >= 15 is 0 Å². The van der Waals surface area contributed by atoms with Crippen LogP contribution in [0, 0.1) is 11.3 Å². The maximum atomic E-state index is 13.3. The third kappa shape index (κ3) is 6.09. The molecule has 0 spiro atoms. The lowest BCUT2D eigenvalue weighted by atomic mass is 9.83. The SMILES string of the molecule is COC(=O)[C@@H]1C[C@@H](O)CN1C(=O)[C@@H](NC(=O)OCC(C)(C)C)C1CCCCC1. The lowest BCUT2D eigenvalue weighted by Gasteiger charge is -2.34. The van der Waals surface area contributed by atoms with Crippen molar-refractivity contribution in [1.82, 2.24) is 10.2 Å². The van der Waals surface area contributed by atoms with Crippen LogP contribution in [-0.4, -0.2) is 66.4 Å². The number of hydrogen-bond donors (Lipinski definition) is 2. The Morgan fingerprint density at radius 3 is 2.39 bits per heavy atom. The van der Waals surface area contributed by atoms with Gasteiger partial charge in [-0.15, -0.1) is 0 Å². The zero-order chi connectivity index (χ0) is 20.9. The number of alkyl carbamates (subject to hydrolysis) is 1. The van der Waals surface area contributed by atoms with Gasteiger partial charge in [0.2, 0.25) is 5.91 Å². The standard InChI is InChI=1S/C20H34N2O6/c1-20(2,3)12-28-19(26)21-16(13-8-6-5-7-9-13)17(24)22-11-14(23)10-15(22)18(25)27-4/h13-16,23H,5-12H2,1-4H3,(H,21,26)/t14-,15+,16+/m1/s1. The Bertz CT molecular complexity index is 568. The molecule has 2 rings (SSSR count). The van der Waals surface area contributed by atoms with Crippen molar-refractivity contribution in [2.75, 3.05) is 20.3 Å². The first-order valence-corrected chi connectivity index (χ1v) is 10.1. The van der Waals surface area contributed by atoms with Gasteiger partial charge in [0.05, 0.1) is 19.8 Å². The fraction of sp³-hybridized carbons (Fsp3) is 0.850. The number of likely N-dealkylation sites (tertiary alicyclic amines) is 1. The molecule has 160 valence electrons. The number of methoxy groups -OCH3 is 1. The van der Waals surface area contributed by atoms with Gasteiger partial charge in [0.25, 0.3) is 0 Å². The Kier molecular flexibility index (Phi) is 7.69. The summed E-state index contributed by atoms with van der Waals surface area (Å²) < 4.78 is 10.1. The van der Waals surface area contributed by atoms with Crippen LogP contribution in [0.15, 0.2) is 0 Å². The molecule has 3 atom stereocenters. The number of nitrogens with one attached hydrogen (secondary N) is 1. The number of hydrogen-bond acceptors (Lipinski definition) is 6. The van der Waals surface area contributed by atoms with E-state index in [1.807, 2.05) is 20.8 Å². The van der Waals surface area contributed by atoms with E-state index in [2.05, 4.69) is 5.32 Å². The summed E-state index contributed by atoms with van der Waals surface area (Å²) in [4.78, 5) is 39.1. The van der Waals surface area contributed by atoms with E-state index in [4.69, 9.17) is 9.47 Å². The van der Waals surface area contributed by atoms with Crippen molar-refractivity contribution in [3.63, 3.8) is 0 Å². The van der Waals surface area contributed by atoms with Crippen molar-refractivity contribution in [2.24, 2.45) is 11.3 Å². The smallest absolute Gasteiger partial charge is 0.407 e. The molecule has 1 aliphatic heterocycles. The molecule has 2 fully saturated rings. The second-order valence-corrected chi connectivity index (χ2v) is 9.08. The molecule has 28 heavy (non-hydrogen) atoms. The molecule has 2 aliphatic rings. The largest absolute Gasteiger partial charge is 0.467 e. The van der Waals surface area contributed by atoms with Crippen LogP contribution in [0.3, 0.4) is 0 Å². The Hall–Kier alpha value is -1.83. The average Bonchev–Trinajstić information content (AvgIpc) is 3.05. The quantitative estimate of drug-likeness (QED) is 0.685. The number of β-amino-alcohol motifs (C(OH)–C–C–N with tert-alkyl or cyclic N) is 1. The normalized spacial score (nSPS) is 24.5. The van der Waals surface area contributed by atoms with E-state index in [0.29, 0.717) is 0 Å². The molecular formula is C20H34N2O6. The fourth-order valence-electron chi connectivity index (χ4n) is 3.89. The number of esters is 1. The minimum absolute atomic E-state index is 0.0144. The third-order valence-corrected chi connectivity index (χ3v) is 5.33. The number of aliphatic hydroxyl groups excluding tert-OH is 1. The molecule has 0 unspecified atom stereocenters. The van der Waals surface area contributed by atoms with Gasteiger partial charge in [-0.1, -0.05) is 40.0 Å². The van der Waals surface area contributed by atoms with Gasteiger partial charge in [-0.3, -0.25) is 4.79 Å². The summed E-state index contributed by atoms with van der Waals surface area (Å²) in [6, 6.07) is -1.60. The average molecular weight is 399 g/mol. The highest BCUT2D eigenvalue weighted by molar-refractivity contribution is 5.90. The zero-order valence-electron chi connectivity index (χ0n) is 17.4. The number of amides is 2. The molecule has 0 aromatic rings. The molecule has 0 radical (unpaired) electrons. The van der Waals surface area contributed by atoms with E-state index in [-0.39, 0.29) is 36.8 Å². The van der Waals surface area contributed by atoms with Gasteiger partial charge in [-0.2, -0.15) is 0 Å². The van der Waals surface area contributed by atoms with E-state index in [1.54, 1.807) is 0 Å². The monoisotopic (exact) mass is 398 g/mol. The van der Waals surface area contributed by atoms with Gasteiger partial charge in [-0.25, -0.2) is 9.59 Å². The summed E-state index contributed by atoms with van der Waals surface area (Å²) in [5.41, 5.74) is -0.184. The number of nitrogens with zero attached hydrogens (tertiary/aromatic N) is 1. The van der Waals surface area contributed by atoms with Crippen molar-refractivity contribution >= 4 is 18.0 Å². The van der Waals surface area contributed by atoms with Gasteiger partial charge < -0.3 is 24.8 Å². The highest BCUT2D eigenvalue weighted by Crippen LogP contribution is 2.29. The molecule has 0 aromatic heterocycles. The van der Waals surface area contributed by atoms with Crippen LogP contribution < -0.4 is 5.32 Å². The van der Waals surface area contributed by atoms with Crippen molar-refractivity contribution in [3.8, 4) is 0 Å². The van der Waals surface area contributed by atoms with Crippen LogP contribution in [0.5, 0.6) is 0 Å². The predicted octanol–water partition coefficient (Wildman–Crippen LogP) is 1.84. The van der Waals surface area contributed by atoms with Gasteiger partial charge in [0.15, 0.2) is 0 Å². The summed E-state index contributed by atoms with van der Waals surface area (Å²) in [7, 11) is 1.26. The zero-order valence-corrected chi connectivity index (χ0v) is 17.4. The number of carbonyl (C=O) groups excluding carboxylic acids is 3. The topological polar surface area (TPSA) is 105 Å². The molecule has 0 bridgehead atoms. The van der Waals surface area contributed by atoms with Crippen LogP contribution in [-0.2, 0) is 19.1 Å². The van der Waals surface area contributed by atoms with E-state index < -0.39 is 30.3 Å². The van der Waals surface area contributed by atoms with Gasteiger partial charge in [0, 0.05) is 13.0 Å². The second kappa shape index (κ2) is 9.58. The van der Waals surface area contributed by atoms with E-state index in [9.17, 15) is 19.5 Å². The highest BCUT2D eigenvalue weighted by atomic mass is 16.5. The Balaban J connectivity index is 2.14. The minimum atomic E-state index is -0.828. The third-order valence-electron chi connectivity index (χ3n) is 5.33. The first kappa shape index (κ1) is 22.5. The van der Waals surface area contributed by atoms with Gasteiger partial charge in [0.1, 0.15) is 12.1 Å². The van der Waals surface area contributed by atoms with Crippen molar-refractivity contribution in [1.29, 1.82) is 0 Å². The Labute approximate surface area is 166 Å². The fourth-order valence-corrected chi connectivity index (χ4v) is 3.89. The Morgan fingerprint density at radius 1 is 1.18 bits per heavy atom. The Morgan fingerprint density at radius 2 is 1.82 bits per heavy atom. The molecule has 0 aromatic carbocycles. The van der Waals surface area contributed by atoms with Crippen molar-refractivity contribution in [2.45, 2.75) is 77.5 Å². The molecule has 8 nitrogen and oxygen atoms in total. The van der Waals surface area contributed by atoms with Crippen LogP contribution in [0.2, 0.25) is 0 Å². The van der Waals surface area contributed by atoms with Crippen LogP contribution in [0.1, 0.15) is 59.3 Å². The van der Waals surface area contributed by atoms with E-state index in [0.717, 1.165) is 32.1 Å². The van der Waals surface area contributed by atoms with Crippen LogP contribution >= 0.6 is 0 Å². The van der Waals surface area contributed by atoms with Crippen LogP contribution in [0.25, 0.3) is 0 Å². The molecule has 1 saturated heterocycles. The number of carbonyl (C=O) groups is 3. The molecule has 8 heteroatoms. The molecule has 1 saturated carbocycles. The number of ether oxygens (including phenoxy) is 2. The summed E-state index contributed by atoms with van der Waals surface area (Å²) in [6.07, 6.45) is 3.49. The first-order chi connectivity index (χ1) is 13.1. The minimum Gasteiger partial charge on any atom is -0.467 e. The molecule has 1 heterocycles. The first-order valence-electron chi connectivity index (χ1n) is 10.1. The molecule has 2 N–H and O–H groups in total. The summed E-state index contributed by atoms with van der Waals surface area (Å²) in [6.45, 7) is 6.15. The molecular weight excluding hydrogens is 364 g/mol. The highest BCUT2D eigenvalue weighted by Gasteiger charge is 2.44. The molecule has 1 aliphatic carbocycles. The van der Waals surface area contributed by atoms with Crippen molar-refractivity contribution < 1.29 is 29.0 Å². The summed E-state index contributed by atoms with van der Waals surface area (Å²) in [5, 5.41) is 12.7. The summed E-state index contributed by atoms with van der Waals surface area (Å²) >= 11 is 0. The molecule has 2 amide bonds. The van der Waals surface area contributed by atoms with Crippen LogP contribution in [0.4, 0.5) is 4.79 Å². The van der Waals surface area contributed by atoms with Gasteiger partial charge >= 0.3 is 12.1 Å². The lowest BCUT2D eigenvalue weighted by Crippen LogP contribution is -2.55. The second-order valence-electron chi connectivity index (χ2n) is 9.08. The lowest BCUT2D eigenvalue weighted by molar-refractivity contribution is -0.152. The number of aliphatic hydroxyl groups is 1. The maximum Gasteiger partial charge on any atom is 0.407 e. The van der Waals surface area contributed by atoms with Gasteiger partial charge in [-0.05, 0) is 24.2 Å².